The van der Waals surface area contributed by atoms with Crippen LogP contribution in [0.2, 0.25) is 0 Å². The van der Waals surface area contributed by atoms with Crippen LogP contribution in [-0.2, 0) is 0 Å². The maximum Gasteiger partial charge on any atom is 0.270 e. The molecule has 1 aliphatic carbocycles. The first-order valence-electron chi connectivity index (χ1n) is 7.10. The van der Waals surface area contributed by atoms with Crippen LogP contribution in [0, 0.1) is 11.8 Å². The van der Waals surface area contributed by atoms with E-state index in [2.05, 4.69) is 36.9 Å². The van der Waals surface area contributed by atoms with Crippen molar-refractivity contribution in [2.45, 2.75) is 18.9 Å². The van der Waals surface area contributed by atoms with E-state index in [4.69, 9.17) is 0 Å². The van der Waals surface area contributed by atoms with Crippen molar-refractivity contribution in [2.24, 2.45) is 11.8 Å². The molecule has 0 spiro atoms. The van der Waals surface area contributed by atoms with E-state index >= 15 is 0 Å². The lowest BCUT2D eigenvalue weighted by molar-refractivity contribution is 0.0770. The van der Waals surface area contributed by atoms with Crippen LogP contribution in [0.1, 0.15) is 29.4 Å². The third-order valence-electron chi connectivity index (χ3n) is 4.65. The van der Waals surface area contributed by atoms with Crippen LogP contribution < -0.4 is 5.32 Å². The Kier molecular flexibility index (Phi) is 2.74. The predicted octanol–water partition coefficient (Wildman–Crippen LogP) is 1.88. The number of hydrogen-bond acceptors (Lipinski definition) is 2. The van der Waals surface area contributed by atoms with Crippen molar-refractivity contribution in [3.63, 3.8) is 0 Å². The van der Waals surface area contributed by atoms with E-state index in [9.17, 15) is 4.79 Å². The summed E-state index contributed by atoms with van der Waals surface area (Å²) in [7, 11) is 0. The van der Waals surface area contributed by atoms with Gasteiger partial charge in [0.05, 0.1) is 0 Å². The van der Waals surface area contributed by atoms with Gasteiger partial charge in [0.25, 0.3) is 5.91 Å². The quantitative estimate of drug-likeness (QED) is 0.902. The van der Waals surface area contributed by atoms with Crippen LogP contribution in [0.4, 0.5) is 0 Å². The van der Waals surface area contributed by atoms with Crippen LogP contribution in [-0.4, -0.2) is 41.6 Å². The molecular weight excluding hydrogens is 306 g/mol. The van der Waals surface area contributed by atoms with Gasteiger partial charge in [-0.2, -0.15) is 0 Å². The molecular formula is C14H18BrN3O. The fourth-order valence-corrected chi connectivity index (χ4v) is 3.89. The van der Waals surface area contributed by atoms with Crippen molar-refractivity contribution in [3.8, 4) is 0 Å². The standard InChI is InChI=1S/C14H18BrN3O/c15-11-3-13(18(8-11)12-1-2-12)14(19)17-6-9-4-16-5-10(9)7-17/h3,8-10,12,16H,1-2,4-7H2. The van der Waals surface area contributed by atoms with Crippen molar-refractivity contribution >= 4 is 21.8 Å². The van der Waals surface area contributed by atoms with Gasteiger partial charge < -0.3 is 14.8 Å². The highest BCUT2D eigenvalue weighted by atomic mass is 79.9. The Labute approximate surface area is 121 Å². The molecule has 102 valence electrons. The second-order valence-electron chi connectivity index (χ2n) is 6.07. The highest BCUT2D eigenvalue weighted by molar-refractivity contribution is 9.10. The van der Waals surface area contributed by atoms with Gasteiger partial charge in [-0.05, 0) is 46.7 Å². The lowest BCUT2D eigenvalue weighted by Gasteiger charge is -2.18. The van der Waals surface area contributed by atoms with Crippen molar-refractivity contribution in [1.29, 1.82) is 0 Å². The van der Waals surface area contributed by atoms with Gasteiger partial charge in [0.2, 0.25) is 0 Å². The summed E-state index contributed by atoms with van der Waals surface area (Å²) in [5, 5.41) is 3.42. The Bertz CT molecular complexity index is 511. The van der Waals surface area contributed by atoms with Crippen LogP contribution in [0.3, 0.4) is 0 Å². The number of carbonyl (C=O) groups is 1. The molecule has 0 bridgehead atoms. The lowest BCUT2D eigenvalue weighted by atomic mass is 10.0. The van der Waals surface area contributed by atoms with Crippen molar-refractivity contribution in [2.75, 3.05) is 26.2 Å². The maximum atomic E-state index is 12.7. The zero-order valence-corrected chi connectivity index (χ0v) is 12.4. The van der Waals surface area contributed by atoms with E-state index < -0.39 is 0 Å². The number of likely N-dealkylation sites (tertiary alicyclic amines) is 1. The van der Waals surface area contributed by atoms with Crippen molar-refractivity contribution in [3.05, 3.63) is 22.4 Å². The second-order valence-corrected chi connectivity index (χ2v) is 6.99. The summed E-state index contributed by atoms with van der Waals surface area (Å²) >= 11 is 3.50. The first kappa shape index (κ1) is 12.0. The summed E-state index contributed by atoms with van der Waals surface area (Å²) < 4.78 is 3.18. The summed E-state index contributed by atoms with van der Waals surface area (Å²) in [6, 6.07) is 2.53. The molecule has 4 rings (SSSR count). The molecule has 3 fully saturated rings. The smallest absolute Gasteiger partial charge is 0.270 e. The highest BCUT2D eigenvalue weighted by Gasteiger charge is 2.39. The number of carbonyl (C=O) groups excluding carboxylic acids is 1. The normalized spacial score (nSPS) is 29.8. The van der Waals surface area contributed by atoms with Gasteiger partial charge in [-0.1, -0.05) is 0 Å². The third-order valence-corrected chi connectivity index (χ3v) is 5.08. The van der Waals surface area contributed by atoms with E-state index in [1.807, 2.05) is 6.07 Å². The van der Waals surface area contributed by atoms with Crippen LogP contribution in [0.25, 0.3) is 0 Å². The largest absolute Gasteiger partial charge is 0.339 e. The molecule has 19 heavy (non-hydrogen) atoms. The Balaban J connectivity index is 1.57. The molecule has 1 N–H and O–H groups in total. The van der Waals surface area contributed by atoms with E-state index in [1.54, 1.807) is 0 Å². The van der Waals surface area contributed by atoms with Gasteiger partial charge >= 0.3 is 0 Å². The minimum Gasteiger partial charge on any atom is -0.339 e. The van der Waals surface area contributed by atoms with Crippen molar-refractivity contribution in [1.82, 2.24) is 14.8 Å². The Hall–Kier alpha value is -0.810. The highest BCUT2D eigenvalue weighted by Crippen LogP contribution is 2.38. The van der Waals surface area contributed by atoms with Crippen molar-refractivity contribution < 1.29 is 4.79 Å². The summed E-state index contributed by atoms with van der Waals surface area (Å²) in [6.45, 7) is 3.98. The first-order valence-corrected chi connectivity index (χ1v) is 7.89. The van der Waals surface area contributed by atoms with E-state index in [1.165, 1.54) is 12.8 Å². The van der Waals surface area contributed by atoms with Gasteiger partial charge in [-0.3, -0.25) is 4.79 Å². The van der Waals surface area contributed by atoms with Gasteiger partial charge in [-0.15, -0.1) is 0 Å². The van der Waals surface area contributed by atoms with Gasteiger partial charge in [0.1, 0.15) is 5.69 Å². The molecule has 5 heteroatoms. The zero-order chi connectivity index (χ0) is 13.0. The monoisotopic (exact) mass is 323 g/mol. The summed E-state index contributed by atoms with van der Waals surface area (Å²) in [6.07, 6.45) is 4.47. The van der Waals surface area contributed by atoms with Gasteiger partial charge in [-0.25, -0.2) is 0 Å². The number of aromatic nitrogens is 1. The topological polar surface area (TPSA) is 37.3 Å². The molecule has 3 aliphatic rings. The minimum absolute atomic E-state index is 0.215. The van der Waals surface area contributed by atoms with Gasteiger partial charge in [0.15, 0.2) is 0 Å². The second kappa shape index (κ2) is 4.35. The van der Waals surface area contributed by atoms with Crippen LogP contribution in [0.15, 0.2) is 16.7 Å². The molecule has 2 saturated heterocycles. The Morgan fingerprint density at radius 3 is 2.58 bits per heavy atom. The van der Waals surface area contributed by atoms with E-state index in [0.717, 1.165) is 36.3 Å². The maximum absolute atomic E-state index is 12.7. The van der Waals surface area contributed by atoms with Crippen LogP contribution >= 0.6 is 15.9 Å². The average molecular weight is 324 g/mol. The number of hydrogen-bond donors (Lipinski definition) is 1. The molecule has 2 unspecified atom stereocenters. The summed E-state index contributed by atoms with van der Waals surface area (Å²) in [4.78, 5) is 14.8. The van der Waals surface area contributed by atoms with Crippen LogP contribution in [0.5, 0.6) is 0 Å². The fraction of sp³-hybridized carbons (Fsp3) is 0.643. The fourth-order valence-electron chi connectivity index (χ4n) is 3.46. The Morgan fingerprint density at radius 1 is 1.26 bits per heavy atom. The van der Waals surface area contributed by atoms with E-state index in [-0.39, 0.29) is 5.91 Å². The number of fused-ring (bicyclic) bond motifs is 1. The lowest BCUT2D eigenvalue weighted by Crippen LogP contribution is -2.33. The predicted molar refractivity (Wildman–Crippen MR) is 76.2 cm³/mol. The molecule has 1 saturated carbocycles. The Morgan fingerprint density at radius 2 is 1.95 bits per heavy atom. The molecule has 2 aliphatic heterocycles. The number of rotatable bonds is 2. The summed E-state index contributed by atoms with van der Waals surface area (Å²) in [5.74, 6) is 1.54. The summed E-state index contributed by atoms with van der Waals surface area (Å²) in [5.41, 5.74) is 0.863. The number of amides is 1. The third kappa shape index (κ3) is 2.03. The van der Waals surface area contributed by atoms with E-state index in [0.29, 0.717) is 17.9 Å². The van der Waals surface area contributed by atoms with Gasteiger partial charge in [0, 0.05) is 42.9 Å². The zero-order valence-electron chi connectivity index (χ0n) is 10.8. The molecule has 1 aromatic rings. The molecule has 0 aromatic carbocycles. The first-order chi connectivity index (χ1) is 9.22. The number of halogens is 1. The number of nitrogens with zero attached hydrogens (tertiary/aromatic N) is 2. The molecule has 1 amide bonds. The molecule has 1 aromatic heterocycles. The SMILES string of the molecule is O=C(c1cc(Br)cn1C1CC1)N1CC2CNCC2C1. The number of nitrogens with one attached hydrogen (secondary N) is 1. The minimum atomic E-state index is 0.215. The average Bonchev–Trinajstić information content (AvgIpc) is 2.82. The molecule has 0 radical (unpaired) electrons. The molecule has 4 nitrogen and oxygen atoms in total. The molecule has 3 heterocycles. The molecule has 2 atom stereocenters.